The van der Waals surface area contributed by atoms with Gasteiger partial charge < -0.3 is 10.4 Å². The lowest BCUT2D eigenvalue weighted by molar-refractivity contribution is 0.196. The van der Waals surface area contributed by atoms with Crippen LogP contribution in [0.4, 0.5) is 4.39 Å². The second-order valence-electron chi connectivity index (χ2n) is 3.25. The lowest BCUT2D eigenvalue weighted by Gasteiger charge is -2.19. The number of halogens is 1. The Kier molecular flexibility index (Phi) is 1.42. The van der Waals surface area contributed by atoms with Crippen LogP contribution in [0.5, 0.6) is 0 Å². The predicted molar refractivity (Wildman–Crippen MR) is 35.4 cm³/mol. The molecule has 2 nitrogen and oxygen atoms in total. The van der Waals surface area contributed by atoms with E-state index in [0.29, 0.717) is 0 Å². The summed E-state index contributed by atoms with van der Waals surface area (Å²) in [5, 5.41) is 11.8. The average molecular weight is 145 g/mol. The number of aliphatic hydroxyl groups excluding tert-OH is 1. The third-order valence-corrected chi connectivity index (χ3v) is 2.75. The highest BCUT2D eigenvalue weighted by Crippen LogP contribution is 2.37. The summed E-state index contributed by atoms with van der Waals surface area (Å²) in [6, 6.07) is 0.0795. The van der Waals surface area contributed by atoms with E-state index >= 15 is 0 Å². The average Bonchev–Trinajstić information content (AvgIpc) is 2.46. The zero-order valence-electron chi connectivity index (χ0n) is 5.76. The molecule has 1 saturated heterocycles. The van der Waals surface area contributed by atoms with Crippen molar-refractivity contribution in [3.05, 3.63) is 0 Å². The Labute approximate surface area is 59.4 Å². The summed E-state index contributed by atoms with van der Waals surface area (Å²) >= 11 is 0. The van der Waals surface area contributed by atoms with Gasteiger partial charge in [-0.1, -0.05) is 0 Å². The van der Waals surface area contributed by atoms with E-state index in [1.165, 1.54) is 0 Å². The summed E-state index contributed by atoms with van der Waals surface area (Å²) in [6.45, 7) is 0.0849. The predicted octanol–water partition coefficient (Wildman–Crippen LogP) is 0.0672. The Morgan fingerprint density at radius 2 is 2.30 bits per heavy atom. The van der Waals surface area contributed by atoms with Crippen molar-refractivity contribution in [1.29, 1.82) is 0 Å². The number of piperidine rings is 1. The molecule has 2 bridgehead atoms. The van der Waals surface area contributed by atoms with Crippen LogP contribution in [0.15, 0.2) is 0 Å². The number of rotatable bonds is 1. The van der Waals surface area contributed by atoms with Crippen molar-refractivity contribution in [1.82, 2.24) is 5.32 Å². The molecule has 0 aromatic heterocycles. The van der Waals surface area contributed by atoms with Gasteiger partial charge in [0.1, 0.15) is 6.17 Å². The number of alkyl halides is 1. The minimum absolute atomic E-state index is 0.0359. The number of hydrogen-bond donors (Lipinski definition) is 2. The van der Waals surface area contributed by atoms with Gasteiger partial charge in [0, 0.05) is 18.0 Å². The van der Waals surface area contributed by atoms with E-state index in [1.807, 2.05) is 0 Å². The standard InChI is InChI=1S/C7H12FNO/c8-7-4-1-2-5(7)9-6(4)3-10/h4-7,9-10H,1-3H2/t4-,5-,6+,7-/m0/s1. The maximum atomic E-state index is 13.0. The number of aliphatic hydroxyl groups is 1. The lowest BCUT2D eigenvalue weighted by atomic mass is 10.0. The molecule has 1 aliphatic carbocycles. The van der Waals surface area contributed by atoms with Crippen LogP contribution in [0.1, 0.15) is 12.8 Å². The van der Waals surface area contributed by atoms with Gasteiger partial charge in [0.25, 0.3) is 0 Å². The van der Waals surface area contributed by atoms with Crippen LogP contribution in [-0.2, 0) is 0 Å². The fraction of sp³-hybridized carbons (Fsp3) is 1.00. The molecule has 2 N–H and O–H groups in total. The maximum Gasteiger partial charge on any atom is 0.120 e. The molecule has 0 aromatic rings. The van der Waals surface area contributed by atoms with Crippen LogP contribution in [0.2, 0.25) is 0 Å². The largest absolute Gasteiger partial charge is 0.395 e. The Balaban J connectivity index is 2.08. The third-order valence-electron chi connectivity index (χ3n) is 2.75. The second kappa shape index (κ2) is 2.17. The van der Waals surface area contributed by atoms with Crippen molar-refractivity contribution in [2.24, 2.45) is 5.92 Å². The fourth-order valence-corrected chi connectivity index (χ4v) is 2.17. The summed E-state index contributed by atoms with van der Waals surface area (Å²) in [5.74, 6) is 0.0926. The molecule has 1 saturated carbocycles. The SMILES string of the molecule is OC[C@H]1N[C@H]2CC[C@@H]1[C@@H]2F. The Bertz CT molecular complexity index is 142. The Hall–Kier alpha value is -0.150. The smallest absolute Gasteiger partial charge is 0.120 e. The molecule has 2 rings (SSSR count). The van der Waals surface area contributed by atoms with Crippen molar-refractivity contribution < 1.29 is 9.50 Å². The van der Waals surface area contributed by atoms with Gasteiger partial charge in [-0.15, -0.1) is 0 Å². The topological polar surface area (TPSA) is 32.3 Å². The number of nitrogens with one attached hydrogen (secondary N) is 1. The maximum absolute atomic E-state index is 13.0. The highest BCUT2D eigenvalue weighted by Gasteiger charge is 2.47. The molecule has 0 amide bonds. The van der Waals surface area contributed by atoms with Gasteiger partial charge in [-0.25, -0.2) is 4.39 Å². The second-order valence-corrected chi connectivity index (χ2v) is 3.25. The highest BCUT2D eigenvalue weighted by atomic mass is 19.1. The zero-order chi connectivity index (χ0) is 7.14. The number of hydrogen-bond acceptors (Lipinski definition) is 2. The van der Waals surface area contributed by atoms with Crippen molar-refractivity contribution in [3.8, 4) is 0 Å². The highest BCUT2D eigenvalue weighted by molar-refractivity contribution is 5.03. The summed E-state index contributed by atoms with van der Waals surface area (Å²) in [6.07, 6.45) is 1.20. The summed E-state index contributed by atoms with van der Waals surface area (Å²) < 4.78 is 13.0. The monoisotopic (exact) mass is 145 g/mol. The van der Waals surface area contributed by atoms with Crippen molar-refractivity contribution in [2.45, 2.75) is 31.1 Å². The van der Waals surface area contributed by atoms with Crippen molar-refractivity contribution in [3.63, 3.8) is 0 Å². The molecule has 0 unspecified atom stereocenters. The van der Waals surface area contributed by atoms with Gasteiger partial charge in [0.05, 0.1) is 6.61 Å². The van der Waals surface area contributed by atoms with Gasteiger partial charge >= 0.3 is 0 Å². The molecular formula is C7H12FNO. The summed E-state index contributed by atoms with van der Waals surface area (Å²) in [5.41, 5.74) is 0. The molecule has 0 radical (unpaired) electrons. The molecule has 1 heterocycles. The quantitative estimate of drug-likeness (QED) is 0.547. The summed E-state index contributed by atoms with van der Waals surface area (Å²) in [4.78, 5) is 0. The van der Waals surface area contributed by atoms with E-state index in [-0.39, 0.29) is 24.6 Å². The molecule has 3 heteroatoms. The zero-order valence-corrected chi connectivity index (χ0v) is 5.76. The van der Waals surface area contributed by atoms with E-state index in [4.69, 9.17) is 5.11 Å². The fourth-order valence-electron chi connectivity index (χ4n) is 2.17. The van der Waals surface area contributed by atoms with Crippen molar-refractivity contribution in [2.75, 3.05) is 6.61 Å². The number of fused-ring (bicyclic) bond motifs is 2. The van der Waals surface area contributed by atoms with Gasteiger partial charge in [-0.3, -0.25) is 0 Å². The minimum Gasteiger partial charge on any atom is -0.395 e. The Morgan fingerprint density at radius 3 is 2.60 bits per heavy atom. The van der Waals surface area contributed by atoms with Crippen LogP contribution < -0.4 is 5.32 Å². The first-order valence-electron chi connectivity index (χ1n) is 3.84. The Morgan fingerprint density at radius 1 is 1.50 bits per heavy atom. The normalized spacial score (nSPS) is 52.2. The molecule has 1 aliphatic heterocycles. The van der Waals surface area contributed by atoms with E-state index in [0.717, 1.165) is 12.8 Å². The molecule has 0 aromatic carbocycles. The molecule has 58 valence electrons. The third kappa shape index (κ3) is 0.705. The van der Waals surface area contributed by atoms with E-state index in [9.17, 15) is 4.39 Å². The van der Waals surface area contributed by atoms with E-state index < -0.39 is 6.17 Å². The van der Waals surface area contributed by atoms with Crippen LogP contribution in [0.25, 0.3) is 0 Å². The van der Waals surface area contributed by atoms with E-state index in [2.05, 4.69) is 5.32 Å². The van der Waals surface area contributed by atoms with Crippen LogP contribution >= 0.6 is 0 Å². The minimum atomic E-state index is -0.697. The van der Waals surface area contributed by atoms with Crippen molar-refractivity contribution >= 4 is 0 Å². The lowest BCUT2D eigenvalue weighted by Crippen LogP contribution is -2.38. The van der Waals surface area contributed by atoms with E-state index in [1.54, 1.807) is 0 Å². The molecule has 10 heavy (non-hydrogen) atoms. The molecular weight excluding hydrogens is 133 g/mol. The molecule has 0 spiro atoms. The molecule has 4 atom stereocenters. The van der Waals surface area contributed by atoms with Crippen LogP contribution in [0, 0.1) is 5.92 Å². The first-order valence-corrected chi connectivity index (χ1v) is 3.84. The molecule has 2 fully saturated rings. The van der Waals surface area contributed by atoms with Gasteiger partial charge in [0.15, 0.2) is 0 Å². The summed E-state index contributed by atoms with van der Waals surface area (Å²) in [7, 11) is 0. The van der Waals surface area contributed by atoms with Gasteiger partial charge in [0.2, 0.25) is 0 Å². The first-order chi connectivity index (χ1) is 4.83. The van der Waals surface area contributed by atoms with Gasteiger partial charge in [-0.05, 0) is 12.8 Å². The van der Waals surface area contributed by atoms with Gasteiger partial charge in [-0.2, -0.15) is 0 Å². The first kappa shape index (κ1) is 6.55. The van der Waals surface area contributed by atoms with Crippen LogP contribution in [-0.4, -0.2) is 30.0 Å². The molecule has 2 aliphatic rings. The van der Waals surface area contributed by atoms with Crippen LogP contribution in [0.3, 0.4) is 0 Å².